The molecule has 0 aliphatic carbocycles. The molecule has 2 aromatic carbocycles. The molecule has 23 heavy (non-hydrogen) atoms. The number of ether oxygens (including phenoxy) is 2. The summed E-state index contributed by atoms with van der Waals surface area (Å²) in [5, 5.41) is 28.2. The second kappa shape index (κ2) is 7.42. The predicted octanol–water partition coefficient (Wildman–Crippen LogP) is 2.17. The Morgan fingerprint density at radius 3 is 2.39 bits per heavy atom. The van der Waals surface area contributed by atoms with Crippen LogP contribution in [0.15, 0.2) is 42.5 Å². The summed E-state index contributed by atoms with van der Waals surface area (Å²) < 4.78 is 10.5. The Morgan fingerprint density at radius 1 is 1.17 bits per heavy atom. The molecular weight excluding hydrogens is 296 g/mol. The van der Waals surface area contributed by atoms with Crippen LogP contribution in [0.5, 0.6) is 11.5 Å². The zero-order valence-corrected chi connectivity index (χ0v) is 12.7. The molecule has 0 amide bonds. The monoisotopic (exact) mass is 312 g/mol. The Kier molecular flexibility index (Phi) is 5.33. The third-order valence-corrected chi connectivity index (χ3v) is 3.30. The highest BCUT2D eigenvalue weighted by Gasteiger charge is 2.08. The summed E-state index contributed by atoms with van der Waals surface area (Å²) in [4.78, 5) is 0. The Bertz CT molecular complexity index is 746. The first-order valence-corrected chi connectivity index (χ1v) is 6.76. The fraction of sp³-hybridized carbons (Fsp3) is 0.118. The standard InChI is InChI=1S/C17H16N2O4/c1-22-16-7-8-17(23-2)13(10-16)9-14(11-18)12-3-5-15(6-4-12)19(20)21/h3-10,19-20H,1-2H3/b14-9-. The van der Waals surface area contributed by atoms with Crippen LogP contribution in [-0.2, 0) is 0 Å². The molecule has 0 spiro atoms. The number of methoxy groups -OCH3 is 2. The number of nitrogens with zero attached hydrogens (tertiary/aromatic N) is 1. The number of nitriles is 1. The molecule has 6 nitrogen and oxygen atoms in total. The van der Waals surface area contributed by atoms with Gasteiger partial charge in [0, 0.05) is 17.7 Å². The zero-order chi connectivity index (χ0) is 16.8. The summed E-state index contributed by atoms with van der Waals surface area (Å²) in [6.45, 7) is 0. The van der Waals surface area contributed by atoms with Crippen molar-refractivity contribution in [3.63, 3.8) is 0 Å². The second-order valence-electron chi connectivity index (χ2n) is 4.66. The molecule has 0 radical (unpaired) electrons. The molecule has 2 rings (SSSR count). The van der Waals surface area contributed by atoms with Gasteiger partial charge >= 0.3 is 0 Å². The maximum atomic E-state index is 10.9. The molecule has 6 heteroatoms. The van der Waals surface area contributed by atoms with Crippen molar-refractivity contribution in [2.24, 2.45) is 0 Å². The van der Waals surface area contributed by atoms with Crippen LogP contribution in [0.25, 0.3) is 11.6 Å². The quantitative estimate of drug-likeness (QED) is 0.502. The van der Waals surface area contributed by atoms with Gasteiger partial charge in [0.25, 0.3) is 0 Å². The first kappa shape index (κ1) is 16.5. The zero-order valence-electron chi connectivity index (χ0n) is 12.7. The molecular formula is C17H16N2O4. The van der Waals surface area contributed by atoms with Crippen LogP contribution < -0.4 is 14.7 Å². The normalized spacial score (nSPS) is 12.4. The van der Waals surface area contributed by atoms with Crippen LogP contribution in [0.3, 0.4) is 0 Å². The van der Waals surface area contributed by atoms with Gasteiger partial charge in [-0.3, -0.25) is 0 Å². The lowest BCUT2D eigenvalue weighted by Gasteiger charge is -2.11. The Labute approximate surface area is 133 Å². The van der Waals surface area contributed by atoms with Crippen molar-refractivity contribution in [2.45, 2.75) is 0 Å². The first-order valence-electron chi connectivity index (χ1n) is 6.76. The third kappa shape index (κ3) is 3.87. The van der Waals surface area contributed by atoms with E-state index in [1.165, 1.54) is 12.1 Å². The van der Waals surface area contributed by atoms with Gasteiger partial charge in [-0.2, -0.15) is 10.5 Å². The third-order valence-electron chi connectivity index (χ3n) is 3.30. The van der Waals surface area contributed by atoms with Crippen LogP contribution in [-0.4, -0.2) is 19.4 Å². The van der Waals surface area contributed by atoms with Crippen molar-refractivity contribution in [1.82, 2.24) is 0 Å². The second-order valence-corrected chi connectivity index (χ2v) is 4.66. The average molecular weight is 312 g/mol. The number of allylic oxidation sites excluding steroid dienone is 1. The van der Waals surface area contributed by atoms with Gasteiger partial charge in [0.15, 0.2) is 5.69 Å². The van der Waals surface area contributed by atoms with E-state index in [0.717, 1.165) is 0 Å². The highest BCUT2D eigenvalue weighted by molar-refractivity contribution is 5.91. The lowest BCUT2D eigenvalue weighted by molar-refractivity contribution is -0.991. The largest absolute Gasteiger partial charge is 0.595 e. The van der Waals surface area contributed by atoms with E-state index in [-0.39, 0.29) is 5.69 Å². The van der Waals surface area contributed by atoms with Gasteiger partial charge in [-0.25, -0.2) is 5.21 Å². The molecule has 0 fully saturated rings. The highest BCUT2D eigenvalue weighted by atomic mass is 16.8. The van der Waals surface area contributed by atoms with Gasteiger partial charge in [-0.1, -0.05) is 0 Å². The van der Waals surface area contributed by atoms with Crippen molar-refractivity contribution in [3.05, 3.63) is 58.8 Å². The van der Waals surface area contributed by atoms with Crippen LogP contribution in [0.1, 0.15) is 11.1 Å². The minimum atomic E-state index is -1.01. The van der Waals surface area contributed by atoms with E-state index >= 15 is 0 Å². The van der Waals surface area contributed by atoms with Crippen LogP contribution >= 0.6 is 0 Å². The SMILES string of the molecule is COc1ccc(OC)c(/C=C(/C#N)c2ccc([NH+]([O-])O)cc2)c1. The summed E-state index contributed by atoms with van der Waals surface area (Å²) >= 11 is 0. The highest BCUT2D eigenvalue weighted by Crippen LogP contribution is 2.28. The molecule has 0 bridgehead atoms. The van der Waals surface area contributed by atoms with Crippen molar-refractivity contribution < 1.29 is 19.9 Å². The molecule has 0 saturated heterocycles. The van der Waals surface area contributed by atoms with Crippen LogP contribution in [0.2, 0.25) is 0 Å². The van der Waals surface area contributed by atoms with Gasteiger partial charge in [0.2, 0.25) is 0 Å². The van der Waals surface area contributed by atoms with Gasteiger partial charge in [-0.05, 0) is 42.0 Å². The molecule has 2 N–H and O–H groups in total. The molecule has 0 heterocycles. The lowest BCUT2D eigenvalue weighted by Crippen LogP contribution is -2.99. The van der Waals surface area contributed by atoms with Gasteiger partial charge in [-0.15, -0.1) is 0 Å². The fourth-order valence-electron chi connectivity index (χ4n) is 2.08. The Morgan fingerprint density at radius 2 is 1.87 bits per heavy atom. The van der Waals surface area contributed by atoms with E-state index in [9.17, 15) is 10.5 Å². The minimum absolute atomic E-state index is 0.171. The molecule has 1 atom stereocenters. The minimum Gasteiger partial charge on any atom is -0.595 e. The molecule has 0 aromatic heterocycles. The Balaban J connectivity index is 2.44. The number of hydrogen-bond acceptors (Lipinski definition) is 5. The summed E-state index contributed by atoms with van der Waals surface area (Å²) in [7, 11) is 3.11. The van der Waals surface area contributed by atoms with Crippen molar-refractivity contribution in [3.8, 4) is 17.6 Å². The lowest BCUT2D eigenvalue weighted by atomic mass is 10.0. The van der Waals surface area contributed by atoms with Crippen molar-refractivity contribution in [1.29, 1.82) is 5.26 Å². The summed E-state index contributed by atoms with van der Waals surface area (Å²) in [6.07, 6.45) is 1.68. The van der Waals surface area contributed by atoms with E-state index < -0.39 is 5.23 Å². The fourth-order valence-corrected chi connectivity index (χ4v) is 2.08. The van der Waals surface area contributed by atoms with Crippen LogP contribution in [0.4, 0.5) is 5.69 Å². The van der Waals surface area contributed by atoms with Crippen molar-refractivity contribution in [2.75, 3.05) is 14.2 Å². The van der Waals surface area contributed by atoms with Gasteiger partial charge < -0.3 is 14.7 Å². The van der Waals surface area contributed by atoms with E-state index in [1.807, 2.05) is 0 Å². The van der Waals surface area contributed by atoms with E-state index in [0.29, 0.717) is 28.2 Å². The number of nitrogens with one attached hydrogen (secondary N) is 1. The average Bonchev–Trinajstić information content (AvgIpc) is 2.59. The molecule has 2 aromatic rings. The molecule has 0 aliphatic rings. The first-order chi connectivity index (χ1) is 11.1. The molecule has 0 saturated carbocycles. The number of hydrogen-bond donors (Lipinski definition) is 2. The maximum Gasteiger partial charge on any atom is 0.163 e. The number of quaternary nitrogens is 1. The summed E-state index contributed by atoms with van der Waals surface area (Å²) in [5.41, 5.74) is 1.89. The number of benzene rings is 2. The maximum absolute atomic E-state index is 10.9. The summed E-state index contributed by atoms with van der Waals surface area (Å²) in [5.74, 6) is 1.26. The van der Waals surface area contributed by atoms with Crippen molar-refractivity contribution >= 4 is 17.3 Å². The molecule has 0 aliphatic heterocycles. The summed E-state index contributed by atoms with van der Waals surface area (Å²) in [6, 6.07) is 13.5. The molecule has 1 unspecified atom stereocenters. The smallest absolute Gasteiger partial charge is 0.163 e. The van der Waals surface area contributed by atoms with Gasteiger partial charge in [0.05, 0.1) is 25.9 Å². The molecule has 118 valence electrons. The van der Waals surface area contributed by atoms with E-state index in [2.05, 4.69) is 6.07 Å². The predicted molar refractivity (Wildman–Crippen MR) is 85.2 cm³/mol. The number of rotatable bonds is 5. The van der Waals surface area contributed by atoms with E-state index in [1.54, 1.807) is 50.6 Å². The Hall–Kier alpha value is -2.85. The van der Waals surface area contributed by atoms with Gasteiger partial charge in [0.1, 0.15) is 11.5 Å². The van der Waals surface area contributed by atoms with Crippen LogP contribution in [0, 0.1) is 16.5 Å². The topological polar surface area (TPSA) is 90.0 Å². The van der Waals surface area contributed by atoms with E-state index in [4.69, 9.17) is 14.7 Å².